The van der Waals surface area contributed by atoms with Gasteiger partial charge in [0.25, 0.3) is 0 Å². The second kappa shape index (κ2) is 2.90. The molecule has 0 atom stereocenters. The van der Waals surface area contributed by atoms with Gasteiger partial charge in [0.1, 0.15) is 5.52 Å². The Morgan fingerprint density at radius 1 is 1.54 bits per heavy atom. The van der Waals surface area contributed by atoms with Crippen LogP contribution in [0.1, 0.15) is 6.92 Å². The second-order valence-electron chi connectivity index (χ2n) is 2.72. The first-order valence-electron chi connectivity index (χ1n) is 3.86. The van der Waals surface area contributed by atoms with Gasteiger partial charge >= 0.3 is 0 Å². The predicted molar refractivity (Wildman–Crippen MR) is 48.3 cm³/mol. The van der Waals surface area contributed by atoms with Crippen molar-refractivity contribution in [3.63, 3.8) is 0 Å². The highest BCUT2D eigenvalue weighted by molar-refractivity contribution is 5.91. The molecular formula is C9H8N2O2. The lowest BCUT2D eigenvalue weighted by Crippen LogP contribution is -2.05. The first-order chi connectivity index (χ1) is 6.25. The van der Waals surface area contributed by atoms with Gasteiger partial charge in [0.2, 0.25) is 5.91 Å². The van der Waals surface area contributed by atoms with Crippen molar-refractivity contribution in [2.24, 2.45) is 0 Å². The van der Waals surface area contributed by atoms with Gasteiger partial charge in [-0.3, -0.25) is 4.79 Å². The van der Waals surface area contributed by atoms with Crippen molar-refractivity contribution in [3.05, 3.63) is 24.6 Å². The summed E-state index contributed by atoms with van der Waals surface area (Å²) in [6, 6.07) is 5.31. The van der Waals surface area contributed by atoms with Gasteiger partial charge in [0, 0.05) is 12.6 Å². The monoisotopic (exact) mass is 176 g/mol. The number of benzene rings is 1. The van der Waals surface area contributed by atoms with Crippen molar-refractivity contribution in [1.82, 2.24) is 4.98 Å². The summed E-state index contributed by atoms with van der Waals surface area (Å²) in [5.74, 6) is -0.0946. The van der Waals surface area contributed by atoms with Crippen LogP contribution in [0.4, 0.5) is 5.69 Å². The minimum absolute atomic E-state index is 0.0946. The van der Waals surface area contributed by atoms with Crippen LogP contribution in [-0.4, -0.2) is 10.9 Å². The van der Waals surface area contributed by atoms with Gasteiger partial charge < -0.3 is 9.73 Å². The van der Waals surface area contributed by atoms with E-state index in [0.29, 0.717) is 5.58 Å². The van der Waals surface area contributed by atoms with Gasteiger partial charge in [-0.25, -0.2) is 4.98 Å². The molecule has 1 aromatic carbocycles. The summed E-state index contributed by atoms with van der Waals surface area (Å²) in [7, 11) is 0. The maximum atomic E-state index is 10.7. The highest BCUT2D eigenvalue weighted by Crippen LogP contribution is 2.17. The minimum Gasteiger partial charge on any atom is -0.443 e. The number of rotatable bonds is 1. The van der Waals surface area contributed by atoms with E-state index in [4.69, 9.17) is 4.42 Å². The molecule has 4 nitrogen and oxygen atoms in total. The summed E-state index contributed by atoms with van der Waals surface area (Å²) < 4.78 is 5.05. The lowest BCUT2D eigenvalue weighted by atomic mass is 10.3. The normalized spacial score (nSPS) is 10.2. The fourth-order valence-electron chi connectivity index (χ4n) is 1.14. The second-order valence-corrected chi connectivity index (χ2v) is 2.72. The Morgan fingerprint density at radius 3 is 3.15 bits per heavy atom. The zero-order valence-electron chi connectivity index (χ0n) is 7.07. The molecule has 0 saturated heterocycles. The van der Waals surface area contributed by atoms with Crippen LogP contribution in [0.3, 0.4) is 0 Å². The Morgan fingerprint density at radius 2 is 2.38 bits per heavy atom. The number of amides is 1. The van der Waals surface area contributed by atoms with E-state index in [1.54, 1.807) is 18.2 Å². The summed E-state index contributed by atoms with van der Waals surface area (Å²) in [5, 5.41) is 2.67. The van der Waals surface area contributed by atoms with E-state index >= 15 is 0 Å². The summed E-state index contributed by atoms with van der Waals surface area (Å²) >= 11 is 0. The Balaban J connectivity index is 2.42. The van der Waals surface area contributed by atoms with Crippen LogP contribution in [0.5, 0.6) is 0 Å². The molecule has 0 unspecified atom stereocenters. The van der Waals surface area contributed by atoms with E-state index in [1.807, 2.05) is 0 Å². The molecular weight excluding hydrogens is 168 g/mol. The first kappa shape index (κ1) is 7.79. The molecule has 1 aromatic heterocycles. The Bertz CT molecular complexity index is 448. The number of oxazole rings is 1. The van der Waals surface area contributed by atoms with Gasteiger partial charge in [0.15, 0.2) is 12.0 Å². The number of carbonyl (C=O) groups is 1. The molecule has 0 aliphatic rings. The third-order valence-corrected chi connectivity index (χ3v) is 1.65. The zero-order valence-corrected chi connectivity index (χ0v) is 7.07. The lowest BCUT2D eigenvalue weighted by molar-refractivity contribution is -0.114. The first-order valence-corrected chi connectivity index (χ1v) is 3.86. The SMILES string of the molecule is CC(=O)Nc1ccc2ocnc2c1. The van der Waals surface area contributed by atoms with Gasteiger partial charge in [-0.1, -0.05) is 0 Å². The van der Waals surface area contributed by atoms with Crippen LogP contribution in [-0.2, 0) is 4.79 Å². The van der Waals surface area contributed by atoms with E-state index in [1.165, 1.54) is 13.3 Å². The number of fused-ring (bicyclic) bond motifs is 1. The van der Waals surface area contributed by atoms with Crippen LogP contribution in [0.15, 0.2) is 29.0 Å². The molecule has 0 aliphatic carbocycles. The summed E-state index contributed by atoms with van der Waals surface area (Å²) in [6.07, 6.45) is 1.38. The molecule has 2 aromatic rings. The fourth-order valence-corrected chi connectivity index (χ4v) is 1.14. The largest absolute Gasteiger partial charge is 0.443 e. The summed E-state index contributed by atoms with van der Waals surface area (Å²) in [4.78, 5) is 14.7. The van der Waals surface area contributed by atoms with Crippen LogP contribution in [0, 0.1) is 0 Å². The van der Waals surface area contributed by atoms with Crippen LogP contribution >= 0.6 is 0 Å². The average molecular weight is 176 g/mol. The molecule has 66 valence electrons. The number of anilines is 1. The Hall–Kier alpha value is -1.84. The topological polar surface area (TPSA) is 55.1 Å². The molecule has 0 spiro atoms. The third kappa shape index (κ3) is 1.51. The molecule has 13 heavy (non-hydrogen) atoms. The standard InChI is InChI=1S/C9H8N2O2/c1-6(12)11-7-2-3-9-8(4-7)10-5-13-9/h2-5H,1H3,(H,11,12). The van der Waals surface area contributed by atoms with Crippen LogP contribution < -0.4 is 5.32 Å². The maximum Gasteiger partial charge on any atom is 0.221 e. The smallest absolute Gasteiger partial charge is 0.221 e. The molecule has 1 amide bonds. The van der Waals surface area contributed by atoms with Crippen LogP contribution in [0.25, 0.3) is 11.1 Å². The van der Waals surface area contributed by atoms with Crippen molar-refractivity contribution in [1.29, 1.82) is 0 Å². The molecule has 0 aliphatic heterocycles. The third-order valence-electron chi connectivity index (χ3n) is 1.65. The van der Waals surface area contributed by atoms with Crippen molar-refractivity contribution in [2.75, 3.05) is 5.32 Å². The number of nitrogens with one attached hydrogen (secondary N) is 1. The fraction of sp³-hybridized carbons (Fsp3) is 0.111. The molecule has 4 heteroatoms. The Kier molecular flexibility index (Phi) is 1.73. The van der Waals surface area contributed by atoms with Crippen molar-refractivity contribution >= 4 is 22.7 Å². The zero-order chi connectivity index (χ0) is 9.26. The quantitative estimate of drug-likeness (QED) is 0.720. The Labute approximate surface area is 74.6 Å². The highest BCUT2D eigenvalue weighted by atomic mass is 16.3. The number of carbonyl (C=O) groups excluding carboxylic acids is 1. The number of hydrogen-bond acceptors (Lipinski definition) is 3. The van der Waals surface area contributed by atoms with E-state index in [0.717, 1.165) is 11.2 Å². The molecule has 2 rings (SSSR count). The minimum atomic E-state index is -0.0946. The molecule has 1 N–H and O–H groups in total. The van der Waals surface area contributed by atoms with Gasteiger partial charge in [0.05, 0.1) is 0 Å². The van der Waals surface area contributed by atoms with Crippen LogP contribution in [0.2, 0.25) is 0 Å². The molecule has 0 radical (unpaired) electrons. The van der Waals surface area contributed by atoms with E-state index in [2.05, 4.69) is 10.3 Å². The maximum absolute atomic E-state index is 10.7. The van der Waals surface area contributed by atoms with E-state index < -0.39 is 0 Å². The van der Waals surface area contributed by atoms with Gasteiger partial charge in [-0.05, 0) is 18.2 Å². The van der Waals surface area contributed by atoms with Gasteiger partial charge in [-0.2, -0.15) is 0 Å². The number of nitrogens with zero attached hydrogens (tertiary/aromatic N) is 1. The summed E-state index contributed by atoms with van der Waals surface area (Å²) in [5.41, 5.74) is 2.19. The summed E-state index contributed by atoms with van der Waals surface area (Å²) in [6.45, 7) is 1.47. The average Bonchev–Trinajstić information content (AvgIpc) is 2.49. The molecule has 0 bridgehead atoms. The van der Waals surface area contributed by atoms with Crippen molar-refractivity contribution in [3.8, 4) is 0 Å². The van der Waals surface area contributed by atoms with Crippen molar-refractivity contribution in [2.45, 2.75) is 6.92 Å². The van der Waals surface area contributed by atoms with E-state index in [-0.39, 0.29) is 5.91 Å². The number of hydrogen-bond donors (Lipinski definition) is 1. The molecule has 1 heterocycles. The number of aromatic nitrogens is 1. The van der Waals surface area contributed by atoms with Crippen molar-refractivity contribution < 1.29 is 9.21 Å². The predicted octanol–water partition coefficient (Wildman–Crippen LogP) is 1.79. The molecule has 0 saturated carbocycles. The molecule has 0 fully saturated rings. The lowest BCUT2D eigenvalue weighted by Gasteiger charge is -1.99. The van der Waals surface area contributed by atoms with E-state index in [9.17, 15) is 4.79 Å². The highest BCUT2D eigenvalue weighted by Gasteiger charge is 2.00. The van der Waals surface area contributed by atoms with Gasteiger partial charge in [-0.15, -0.1) is 0 Å².